The zero-order valence-corrected chi connectivity index (χ0v) is 8.13. The van der Waals surface area contributed by atoms with Gasteiger partial charge in [-0.3, -0.25) is 0 Å². The van der Waals surface area contributed by atoms with E-state index in [9.17, 15) is 4.79 Å². The predicted octanol–water partition coefficient (Wildman–Crippen LogP) is 2.08. The first-order chi connectivity index (χ1) is 7.36. The Bertz CT molecular complexity index is 353. The largest absolute Gasteiger partial charge is 0.443 e. The Hall–Kier alpha value is -1.97. The van der Waals surface area contributed by atoms with Gasteiger partial charge in [-0.2, -0.15) is 0 Å². The normalized spacial score (nSPS) is 13.7. The van der Waals surface area contributed by atoms with Crippen LogP contribution in [0.5, 0.6) is 0 Å². The van der Waals surface area contributed by atoms with Gasteiger partial charge in [0.05, 0.1) is 6.54 Å². The van der Waals surface area contributed by atoms with E-state index in [-0.39, 0.29) is 6.61 Å². The highest BCUT2D eigenvalue weighted by atomic mass is 16.7. The summed E-state index contributed by atoms with van der Waals surface area (Å²) in [7, 11) is 0. The quantitative estimate of drug-likeness (QED) is 0.742. The molecule has 4 heteroatoms. The van der Waals surface area contributed by atoms with Crippen LogP contribution in [-0.2, 0) is 16.2 Å². The second kappa shape index (κ2) is 4.50. The number of nitrogens with zero attached hydrogens (tertiary/aromatic N) is 1. The van der Waals surface area contributed by atoms with Crippen molar-refractivity contribution in [2.45, 2.75) is 6.61 Å². The molecule has 0 N–H and O–H groups in total. The van der Waals surface area contributed by atoms with Gasteiger partial charge < -0.3 is 9.57 Å². The highest BCUT2D eigenvalue weighted by molar-refractivity contribution is 5.66. The van der Waals surface area contributed by atoms with Gasteiger partial charge in [0.2, 0.25) is 0 Å². The van der Waals surface area contributed by atoms with Gasteiger partial charge in [-0.05, 0) is 11.6 Å². The van der Waals surface area contributed by atoms with Gasteiger partial charge in [0.15, 0.2) is 0 Å². The van der Waals surface area contributed by atoms with Gasteiger partial charge in [-0.15, -0.1) is 5.06 Å². The third-order valence-corrected chi connectivity index (χ3v) is 1.96. The maximum atomic E-state index is 11.4. The summed E-state index contributed by atoms with van der Waals surface area (Å²) in [5.41, 5.74) is 0.956. The van der Waals surface area contributed by atoms with Crippen LogP contribution in [0.2, 0.25) is 0 Å². The van der Waals surface area contributed by atoms with Crippen molar-refractivity contribution in [1.29, 1.82) is 0 Å². The molecular formula is C11H11NO3. The molecule has 2 rings (SSSR count). The Morgan fingerprint density at radius 2 is 2.20 bits per heavy atom. The van der Waals surface area contributed by atoms with Gasteiger partial charge in [0.25, 0.3) is 0 Å². The highest BCUT2D eigenvalue weighted by Gasteiger charge is 2.17. The molecule has 78 valence electrons. The average Bonchev–Trinajstić information content (AvgIpc) is 2.81. The molecule has 0 aliphatic carbocycles. The lowest BCUT2D eigenvalue weighted by atomic mass is 10.2. The summed E-state index contributed by atoms with van der Waals surface area (Å²) in [6.07, 6.45) is 2.73. The third kappa shape index (κ3) is 2.49. The third-order valence-electron chi connectivity index (χ3n) is 1.96. The van der Waals surface area contributed by atoms with Crippen LogP contribution in [0.1, 0.15) is 5.56 Å². The van der Waals surface area contributed by atoms with Crippen LogP contribution >= 0.6 is 0 Å². The number of carbonyl (C=O) groups excluding carboxylic acids is 1. The van der Waals surface area contributed by atoms with E-state index in [1.165, 1.54) is 6.26 Å². The summed E-state index contributed by atoms with van der Waals surface area (Å²) < 4.78 is 5.03. The molecule has 1 aromatic rings. The minimum atomic E-state index is -0.469. The molecule has 0 unspecified atom stereocenters. The topological polar surface area (TPSA) is 38.8 Å². The molecule has 1 aromatic carbocycles. The summed E-state index contributed by atoms with van der Waals surface area (Å²) in [6, 6.07) is 9.51. The van der Waals surface area contributed by atoms with Crippen LogP contribution in [0.25, 0.3) is 0 Å². The molecule has 1 heterocycles. The van der Waals surface area contributed by atoms with E-state index in [0.717, 1.165) is 10.6 Å². The lowest BCUT2D eigenvalue weighted by Gasteiger charge is -2.13. The molecule has 0 fully saturated rings. The zero-order chi connectivity index (χ0) is 10.5. The van der Waals surface area contributed by atoms with Crippen LogP contribution in [0.15, 0.2) is 42.7 Å². The molecule has 4 nitrogen and oxygen atoms in total. The fourth-order valence-electron chi connectivity index (χ4n) is 1.21. The standard InChI is InChI=1S/C11H11NO3/c13-11(12-7-4-8-15-12)14-9-10-5-2-1-3-6-10/h1-6,8H,7,9H2. The smallest absolute Gasteiger partial charge is 0.442 e. The molecule has 0 atom stereocenters. The monoisotopic (exact) mass is 205 g/mol. The molecule has 1 aliphatic heterocycles. The van der Waals surface area contributed by atoms with Crippen molar-refractivity contribution in [3.05, 3.63) is 48.2 Å². The number of carbonyl (C=O) groups is 1. The van der Waals surface area contributed by atoms with Crippen molar-refractivity contribution in [2.75, 3.05) is 6.54 Å². The minimum Gasteiger partial charge on any atom is -0.442 e. The molecule has 0 saturated heterocycles. The zero-order valence-electron chi connectivity index (χ0n) is 8.13. The first kappa shape index (κ1) is 9.58. The number of hydrogen-bond donors (Lipinski definition) is 0. The summed E-state index contributed by atoms with van der Waals surface area (Å²) >= 11 is 0. The van der Waals surface area contributed by atoms with E-state index in [2.05, 4.69) is 0 Å². The van der Waals surface area contributed by atoms with E-state index in [1.807, 2.05) is 30.3 Å². The van der Waals surface area contributed by atoms with Crippen molar-refractivity contribution >= 4 is 6.09 Å². The lowest BCUT2D eigenvalue weighted by Crippen LogP contribution is -2.27. The maximum Gasteiger partial charge on any atom is 0.443 e. The first-order valence-corrected chi connectivity index (χ1v) is 4.66. The van der Waals surface area contributed by atoms with Crippen molar-refractivity contribution in [3.8, 4) is 0 Å². The van der Waals surface area contributed by atoms with E-state index < -0.39 is 6.09 Å². The highest BCUT2D eigenvalue weighted by Crippen LogP contribution is 2.06. The van der Waals surface area contributed by atoms with E-state index in [4.69, 9.17) is 9.57 Å². The van der Waals surface area contributed by atoms with Crippen LogP contribution in [-0.4, -0.2) is 17.7 Å². The molecule has 1 aliphatic rings. The Labute approximate surface area is 87.7 Å². The van der Waals surface area contributed by atoms with Crippen molar-refractivity contribution in [1.82, 2.24) is 5.06 Å². The summed E-state index contributed by atoms with van der Waals surface area (Å²) in [4.78, 5) is 16.2. The van der Waals surface area contributed by atoms with Crippen molar-refractivity contribution in [3.63, 3.8) is 0 Å². The fourth-order valence-corrected chi connectivity index (χ4v) is 1.21. The molecule has 0 radical (unpaired) electrons. The summed E-state index contributed by atoms with van der Waals surface area (Å²) in [6.45, 7) is 0.702. The lowest BCUT2D eigenvalue weighted by molar-refractivity contribution is -0.0635. The Balaban J connectivity index is 1.81. The average molecular weight is 205 g/mol. The van der Waals surface area contributed by atoms with Gasteiger partial charge in [-0.1, -0.05) is 30.3 Å². The minimum absolute atomic E-state index is 0.263. The number of hydrogen-bond acceptors (Lipinski definition) is 3. The van der Waals surface area contributed by atoms with E-state index in [0.29, 0.717) is 6.54 Å². The van der Waals surface area contributed by atoms with Crippen molar-refractivity contribution < 1.29 is 14.4 Å². The summed E-state index contributed by atoms with van der Waals surface area (Å²) in [5, 5.41) is 1.16. The van der Waals surface area contributed by atoms with Gasteiger partial charge in [-0.25, -0.2) is 4.79 Å². The second-order valence-electron chi connectivity index (χ2n) is 3.08. The van der Waals surface area contributed by atoms with Gasteiger partial charge >= 0.3 is 6.09 Å². The van der Waals surface area contributed by atoms with Crippen LogP contribution in [0, 0.1) is 0 Å². The number of ether oxygens (including phenoxy) is 1. The van der Waals surface area contributed by atoms with E-state index in [1.54, 1.807) is 6.08 Å². The van der Waals surface area contributed by atoms with Crippen molar-refractivity contribution in [2.24, 2.45) is 0 Å². The SMILES string of the molecule is O=C(OCc1ccccc1)N1CC=CO1. The van der Waals surface area contributed by atoms with Crippen LogP contribution in [0.4, 0.5) is 4.79 Å². The van der Waals surface area contributed by atoms with Crippen LogP contribution in [0.3, 0.4) is 0 Å². The van der Waals surface area contributed by atoms with Crippen LogP contribution < -0.4 is 0 Å². The molecule has 0 spiro atoms. The molecule has 0 saturated carbocycles. The molecule has 1 amide bonds. The number of hydroxylamine groups is 2. The fraction of sp³-hybridized carbons (Fsp3) is 0.182. The molecular weight excluding hydrogens is 194 g/mol. The first-order valence-electron chi connectivity index (χ1n) is 4.66. The van der Waals surface area contributed by atoms with E-state index >= 15 is 0 Å². The van der Waals surface area contributed by atoms with Gasteiger partial charge in [0, 0.05) is 0 Å². The molecule has 0 bridgehead atoms. The summed E-state index contributed by atoms with van der Waals surface area (Å²) in [5.74, 6) is 0. The number of amides is 1. The Kier molecular flexibility index (Phi) is 2.88. The number of benzene rings is 1. The predicted molar refractivity (Wildman–Crippen MR) is 53.6 cm³/mol. The molecule has 15 heavy (non-hydrogen) atoms. The number of rotatable bonds is 2. The molecule has 0 aromatic heterocycles. The maximum absolute atomic E-state index is 11.4. The second-order valence-corrected chi connectivity index (χ2v) is 3.08. The Morgan fingerprint density at radius 1 is 1.40 bits per heavy atom. The Morgan fingerprint density at radius 3 is 2.87 bits per heavy atom. The van der Waals surface area contributed by atoms with Gasteiger partial charge in [0.1, 0.15) is 12.9 Å².